The Morgan fingerprint density at radius 2 is 0.757 bits per heavy atom. The maximum absolute atomic E-state index is 13.8. The first kappa shape index (κ1) is 75.7. The van der Waals surface area contributed by atoms with Gasteiger partial charge in [-0.1, -0.05) is 111 Å². The van der Waals surface area contributed by atoms with Gasteiger partial charge in [0.15, 0.2) is 0 Å². The van der Waals surface area contributed by atoms with Crippen molar-refractivity contribution in [1.82, 2.24) is 116 Å². The van der Waals surface area contributed by atoms with E-state index in [0.29, 0.717) is 73.9 Å². The van der Waals surface area contributed by atoms with Crippen molar-refractivity contribution in [3.05, 3.63) is 268 Å². The van der Waals surface area contributed by atoms with E-state index in [2.05, 4.69) is 97.0 Å². The minimum atomic E-state index is -2.85. The minimum Gasteiger partial charge on any atom is -0.415 e. The van der Waals surface area contributed by atoms with Gasteiger partial charge in [0.1, 0.15) is 34.4 Å². The molecule has 11 heterocycles. The second-order valence-corrected chi connectivity index (χ2v) is 24.2. The summed E-state index contributed by atoms with van der Waals surface area (Å²) in [5.74, 6) is -4.42. The predicted octanol–water partition coefficient (Wildman–Crippen LogP) is 15.7. The standard InChI is InChI=1S/C19H15F2N5O.C18H14F2N6O2.C17H10Cl2F2N6O.C17H10F4N6O/c1-12(26-11-16(22-25-26)14-5-3-2-4-6-14)13-7-9-15(10-8-13)18-23-24-19(27-18)17(20)21;19-16(20)18-24-23-17(28-18)13-4-5-14(21-7-13)8-26-9-15(22-25-26)12-3-1-2-11(6-12)10-27;18-11-3-10(4-12(19)5-11)14-8-27(26-23-14)7-13-2-1-9(6-22-13)16-24-25-17(28-16)15(20)21;18-11-2-1-3-12(19)14(11)13-8-27(26-23-13)7-10-5-4-9(6-22-10)16-24-25-17(28-16)15(20)21/h2-12,17H,1H3;1-7,9,16,27H,8,10H2;2*1-6,8,15H,7H2. The molecule has 0 amide bonds. The van der Waals surface area contributed by atoms with Gasteiger partial charge in [-0.05, 0) is 103 Å². The molecule has 5 aromatic carbocycles. The molecule has 0 aliphatic carbocycles. The number of aliphatic hydroxyl groups excluding tert-OH is 1. The zero-order valence-electron chi connectivity index (χ0n) is 56.6. The second-order valence-electron chi connectivity index (χ2n) is 23.4. The number of aromatic nitrogens is 23. The Kier molecular flexibility index (Phi) is 23.6. The molecule has 0 radical (unpaired) electrons. The van der Waals surface area contributed by atoms with Crippen LogP contribution in [0.2, 0.25) is 10.0 Å². The molecule has 16 aromatic rings. The van der Waals surface area contributed by atoms with Crippen LogP contribution >= 0.6 is 23.2 Å². The van der Waals surface area contributed by atoms with E-state index < -0.39 is 60.9 Å². The van der Waals surface area contributed by atoms with Crippen molar-refractivity contribution >= 4 is 23.2 Å². The summed E-state index contributed by atoms with van der Waals surface area (Å²) >= 11 is 12.0. The molecule has 0 spiro atoms. The smallest absolute Gasteiger partial charge is 0.314 e. The number of pyridine rings is 3. The number of halogens is 12. The molecule has 1 unspecified atom stereocenters. The molecular formula is C71H49Cl2F10N23O5. The van der Waals surface area contributed by atoms with E-state index in [1.54, 1.807) is 93.2 Å². The van der Waals surface area contributed by atoms with Crippen LogP contribution in [-0.2, 0) is 26.2 Å². The van der Waals surface area contributed by atoms with Crippen LogP contribution in [0.3, 0.4) is 0 Å². The van der Waals surface area contributed by atoms with Crippen LogP contribution < -0.4 is 0 Å². The molecule has 562 valence electrons. The monoisotopic (exact) mass is 1560 g/mol. The summed E-state index contributed by atoms with van der Waals surface area (Å²) in [6, 6.07) is 43.0. The SMILES string of the molecule is CC(c1ccc(-c2nnc(C(F)F)o2)cc1)n1cc(-c2ccccc2)nn1.FC(F)c1nnc(-c2ccc(Cn3cc(-c4cc(Cl)cc(Cl)c4)nn3)nc2)o1.Fc1cccc(F)c1-c1cn(Cc2ccc(-c3nnc(C(F)F)o3)cn2)nn1.OCc1cccc(-c2cn(Cc3ccc(-c4nnc(C(F)F)o4)cn3)nn2)c1. The van der Waals surface area contributed by atoms with Gasteiger partial charge in [-0.3, -0.25) is 15.0 Å². The molecule has 0 aliphatic rings. The van der Waals surface area contributed by atoms with Gasteiger partial charge in [0, 0.05) is 50.9 Å². The number of hydrogen-bond donors (Lipinski definition) is 1. The van der Waals surface area contributed by atoms with Gasteiger partial charge in [-0.2, -0.15) is 35.1 Å². The highest BCUT2D eigenvalue weighted by atomic mass is 35.5. The lowest BCUT2D eigenvalue weighted by molar-refractivity contribution is 0.115. The molecule has 11 aromatic heterocycles. The zero-order chi connectivity index (χ0) is 77.7. The number of alkyl halides is 8. The van der Waals surface area contributed by atoms with Crippen molar-refractivity contribution in [2.75, 3.05) is 0 Å². The highest BCUT2D eigenvalue weighted by Gasteiger charge is 2.23. The van der Waals surface area contributed by atoms with Gasteiger partial charge < -0.3 is 22.8 Å². The molecule has 1 N–H and O–H groups in total. The Morgan fingerprint density at radius 3 is 1.18 bits per heavy atom. The molecule has 0 saturated heterocycles. The van der Waals surface area contributed by atoms with Crippen molar-refractivity contribution in [1.29, 1.82) is 0 Å². The average Bonchev–Trinajstić information content (AvgIpc) is 1.74. The van der Waals surface area contributed by atoms with E-state index in [1.165, 1.54) is 35.5 Å². The number of rotatable bonds is 21. The van der Waals surface area contributed by atoms with Crippen molar-refractivity contribution < 1.29 is 66.7 Å². The molecule has 0 aliphatic heterocycles. The number of hydrogen-bond acceptors (Lipinski definition) is 24. The fraction of sp³-hybridized carbons (Fsp3) is 0.141. The molecule has 1 atom stereocenters. The van der Waals surface area contributed by atoms with Crippen molar-refractivity contribution in [2.24, 2.45) is 0 Å². The first-order chi connectivity index (χ1) is 53.7. The van der Waals surface area contributed by atoms with Gasteiger partial charge in [-0.15, -0.1) is 61.2 Å². The van der Waals surface area contributed by atoms with Crippen molar-refractivity contribution in [3.63, 3.8) is 0 Å². The third-order valence-corrected chi connectivity index (χ3v) is 16.1. The van der Waals surface area contributed by atoms with Gasteiger partial charge in [-0.25, -0.2) is 27.5 Å². The molecule has 0 fully saturated rings. The highest BCUT2D eigenvalue weighted by molar-refractivity contribution is 6.35. The normalized spacial score (nSPS) is 11.6. The van der Waals surface area contributed by atoms with Crippen LogP contribution in [0, 0.1) is 11.6 Å². The van der Waals surface area contributed by atoms with Crippen molar-refractivity contribution in [2.45, 2.75) is 64.9 Å². The van der Waals surface area contributed by atoms with E-state index in [0.717, 1.165) is 45.6 Å². The number of aliphatic hydroxyl groups is 1. The predicted molar refractivity (Wildman–Crippen MR) is 371 cm³/mol. The van der Waals surface area contributed by atoms with Gasteiger partial charge >= 0.3 is 25.7 Å². The largest absolute Gasteiger partial charge is 0.415 e. The maximum atomic E-state index is 13.8. The third kappa shape index (κ3) is 19.1. The summed E-state index contributed by atoms with van der Waals surface area (Å²) in [5.41, 5.74) is 10.0. The zero-order valence-corrected chi connectivity index (χ0v) is 58.1. The first-order valence-corrected chi connectivity index (χ1v) is 33.2. The Hall–Kier alpha value is -13.5. The molecule has 0 saturated carbocycles. The quantitative estimate of drug-likeness (QED) is 0.0653. The lowest BCUT2D eigenvalue weighted by atomic mass is 10.1. The van der Waals surface area contributed by atoms with Gasteiger partial charge in [0.25, 0.3) is 23.6 Å². The topological polar surface area (TPSA) is 337 Å². The van der Waals surface area contributed by atoms with E-state index in [1.807, 2.05) is 79.9 Å². The molecule has 40 heteroatoms. The van der Waals surface area contributed by atoms with Crippen LogP contribution in [0.15, 0.2) is 213 Å². The fourth-order valence-electron chi connectivity index (χ4n) is 10.2. The second kappa shape index (κ2) is 34.6. The van der Waals surface area contributed by atoms with Crippen LogP contribution in [0.5, 0.6) is 0 Å². The molecule has 16 rings (SSSR count). The Balaban J connectivity index is 0.000000130. The lowest BCUT2D eigenvalue weighted by Gasteiger charge is -2.11. The summed E-state index contributed by atoms with van der Waals surface area (Å²) in [6.07, 6.45) is -0.142. The number of benzene rings is 5. The molecule has 28 nitrogen and oxygen atoms in total. The summed E-state index contributed by atoms with van der Waals surface area (Å²) < 4.78 is 154. The van der Waals surface area contributed by atoms with Crippen LogP contribution in [0.1, 0.15) is 90.4 Å². The Bertz CT molecular complexity index is 5690. The minimum absolute atomic E-state index is 0.0128. The first-order valence-electron chi connectivity index (χ1n) is 32.4. The average molecular weight is 1570 g/mol. The van der Waals surface area contributed by atoms with Crippen LogP contribution in [-0.4, -0.2) is 121 Å². The summed E-state index contributed by atoms with van der Waals surface area (Å²) in [5, 5.41) is 70.3. The Morgan fingerprint density at radius 1 is 0.369 bits per heavy atom. The number of nitrogens with zero attached hydrogens (tertiary/aromatic N) is 23. The van der Waals surface area contributed by atoms with E-state index in [-0.39, 0.29) is 54.0 Å². The van der Waals surface area contributed by atoms with Gasteiger partial charge in [0.2, 0.25) is 23.6 Å². The van der Waals surface area contributed by atoms with Crippen LogP contribution in [0.25, 0.3) is 90.8 Å². The summed E-state index contributed by atoms with van der Waals surface area (Å²) in [7, 11) is 0. The lowest BCUT2D eigenvalue weighted by Crippen LogP contribution is -2.07. The van der Waals surface area contributed by atoms with E-state index >= 15 is 0 Å². The molecular weight excluding hydrogens is 1520 g/mol. The van der Waals surface area contributed by atoms with Gasteiger partial charge in [0.05, 0.1) is 96.4 Å². The highest BCUT2D eigenvalue weighted by Crippen LogP contribution is 2.32. The fourth-order valence-corrected chi connectivity index (χ4v) is 10.8. The summed E-state index contributed by atoms with van der Waals surface area (Å²) in [4.78, 5) is 12.7. The van der Waals surface area contributed by atoms with E-state index in [9.17, 15) is 49.0 Å². The summed E-state index contributed by atoms with van der Waals surface area (Å²) in [6.45, 7) is 2.86. The van der Waals surface area contributed by atoms with E-state index in [4.69, 9.17) is 40.9 Å². The maximum Gasteiger partial charge on any atom is 0.314 e. The van der Waals surface area contributed by atoms with Crippen LogP contribution in [0.4, 0.5) is 43.9 Å². The molecule has 111 heavy (non-hydrogen) atoms. The third-order valence-electron chi connectivity index (χ3n) is 15.7. The Labute approximate surface area is 627 Å². The molecule has 0 bridgehead atoms. The van der Waals surface area contributed by atoms with Crippen molar-refractivity contribution in [3.8, 4) is 90.8 Å².